The Kier molecular flexibility index (Phi) is 5.10. The van der Waals surface area contributed by atoms with Gasteiger partial charge in [0, 0.05) is 32.4 Å². The third-order valence-electron chi connectivity index (χ3n) is 3.60. The molecule has 1 unspecified atom stereocenters. The molecule has 1 atom stereocenters. The van der Waals surface area contributed by atoms with E-state index in [2.05, 4.69) is 16.8 Å². The molecule has 2 rings (SSSR count). The molecule has 1 fully saturated rings. The Hall–Kier alpha value is -1.20. The lowest BCUT2D eigenvalue weighted by atomic mass is 10.1. The van der Waals surface area contributed by atoms with E-state index in [1.54, 1.807) is 12.3 Å². The molecule has 0 aliphatic carbocycles. The average molecular weight is 266 g/mol. The highest BCUT2D eigenvalue weighted by atomic mass is 19.1. The molecule has 1 aromatic rings. The van der Waals surface area contributed by atoms with E-state index in [0.29, 0.717) is 11.7 Å². The molecule has 2 heterocycles. The molecular formula is C14H23FN4. The zero-order valence-corrected chi connectivity index (χ0v) is 11.6. The SMILES string of the molecule is CC(CN)CN1CCCN(c2ncccc2F)CC1. The molecule has 1 aliphatic heterocycles. The lowest BCUT2D eigenvalue weighted by molar-refractivity contribution is 0.255. The molecule has 0 radical (unpaired) electrons. The van der Waals surface area contributed by atoms with E-state index in [1.165, 1.54) is 6.07 Å². The Morgan fingerprint density at radius 3 is 2.95 bits per heavy atom. The zero-order valence-electron chi connectivity index (χ0n) is 11.6. The molecule has 0 amide bonds. The van der Waals surface area contributed by atoms with Crippen molar-refractivity contribution < 1.29 is 4.39 Å². The minimum absolute atomic E-state index is 0.230. The summed E-state index contributed by atoms with van der Waals surface area (Å²) in [5, 5.41) is 0. The standard InChI is InChI=1S/C14H23FN4/c1-12(10-16)11-18-6-3-7-19(9-8-18)14-13(15)4-2-5-17-14/h2,4-5,12H,3,6-11,16H2,1H3. The number of rotatable bonds is 4. The largest absolute Gasteiger partial charge is 0.353 e. The summed E-state index contributed by atoms with van der Waals surface area (Å²) in [6.07, 6.45) is 2.69. The number of nitrogens with two attached hydrogens (primary N) is 1. The van der Waals surface area contributed by atoms with Gasteiger partial charge in [0.2, 0.25) is 0 Å². The molecule has 1 aromatic heterocycles. The number of aromatic nitrogens is 1. The van der Waals surface area contributed by atoms with Gasteiger partial charge in [-0.3, -0.25) is 0 Å². The fraction of sp³-hybridized carbons (Fsp3) is 0.643. The van der Waals surface area contributed by atoms with E-state index < -0.39 is 0 Å². The summed E-state index contributed by atoms with van der Waals surface area (Å²) < 4.78 is 13.7. The van der Waals surface area contributed by atoms with Gasteiger partial charge in [0.1, 0.15) is 0 Å². The van der Waals surface area contributed by atoms with Crippen LogP contribution in [0, 0.1) is 11.7 Å². The Bertz CT molecular complexity index is 399. The van der Waals surface area contributed by atoms with E-state index in [0.717, 1.165) is 45.7 Å². The van der Waals surface area contributed by atoms with Gasteiger partial charge in [-0.05, 0) is 37.6 Å². The first kappa shape index (κ1) is 14.2. The second kappa shape index (κ2) is 6.82. The molecule has 1 saturated heterocycles. The van der Waals surface area contributed by atoms with Gasteiger partial charge in [0.15, 0.2) is 11.6 Å². The van der Waals surface area contributed by atoms with Crippen LogP contribution in [-0.2, 0) is 0 Å². The lowest BCUT2D eigenvalue weighted by Crippen LogP contribution is -2.35. The minimum Gasteiger partial charge on any atom is -0.353 e. The second-order valence-corrected chi connectivity index (χ2v) is 5.29. The highest BCUT2D eigenvalue weighted by Gasteiger charge is 2.19. The van der Waals surface area contributed by atoms with Crippen LogP contribution in [0.1, 0.15) is 13.3 Å². The molecular weight excluding hydrogens is 243 g/mol. The molecule has 0 bridgehead atoms. The van der Waals surface area contributed by atoms with Crippen molar-refractivity contribution in [1.29, 1.82) is 0 Å². The van der Waals surface area contributed by atoms with Crippen LogP contribution in [-0.4, -0.2) is 49.2 Å². The molecule has 0 spiro atoms. The molecule has 2 N–H and O–H groups in total. The molecule has 106 valence electrons. The predicted octanol–water partition coefficient (Wildman–Crippen LogP) is 1.33. The second-order valence-electron chi connectivity index (χ2n) is 5.29. The van der Waals surface area contributed by atoms with Gasteiger partial charge in [-0.1, -0.05) is 6.92 Å². The van der Waals surface area contributed by atoms with E-state index >= 15 is 0 Å². The zero-order chi connectivity index (χ0) is 13.7. The van der Waals surface area contributed by atoms with Gasteiger partial charge in [0.25, 0.3) is 0 Å². The van der Waals surface area contributed by atoms with Crippen LogP contribution >= 0.6 is 0 Å². The number of hydrogen-bond donors (Lipinski definition) is 1. The first-order valence-corrected chi connectivity index (χ1v) is 6.98. The topological polar surface area (TPSA) is 45.4 Å². The highest BCUT2D eigenvalue weighted by molar-refractivity contribution is 5.39. The van der Waals surface area contributed by atoms with Gasteiger partial charge in [-0.2, -0.15) is 0 Å². The van der Waals surface area contributed by atoms with Crippen LogP contribution in [0.5, 0.6) is 0 Å². The van der Waals surface area contributed by atoms with Crippen molar-refractivity contribution in [2.24, 2.45) is 11.7 Å². The maximum Gasteiger partial charge on any atom is 0.165 e. The van der Waals surface area contributed by atoms with Crippen LogP contribution in [0.15, 0.2) is 18.3 Å². The summed E-state index contributed by atoms with van der Waals surface area (Å²) >= 11 is 0. The van der Waals surface area contributed by atoms with Crippen LogP contribution in [0.25, 0.3) is 0 Å². The summed E-state index contributed by atoms with van der Waals surface area (Å²) in [6.45, 7) is 7.59. The van der Waals surface area contributed by atoms with Crippen molar-refractivity contribution in [2.45, 2.75) is 13.3 Å². The Balaban J connectivity index is 1.95. The summed E-state index contributed by atoms with van der Waals surface area (Å²) in [4.78, 5) is 8.62. The smallest absolute Gasteiger partial charge is 0.165 e. The fourth-order valence-electron chi connectivity index (χ4n) is 2.49. The van der Waals surface area contributed by atoms with Crippen molar-refractivity contribution in [1.82, 2.24) is 9.88 Å². The van der Waals surface area contributed by atoms with E-state index in [9.17, 15) is 4.39 Å². The number of pyridine rings is 1. The predicted molar refractivity (Wildman–Crippen MR) is 75.7 cm³/mol. The normalized spacial score (nSPS) is 19.2. The van der Waals surface area contributed by atoms with Gasteiger partial charge in [-0.25, -0.2) is 9.37 Å². The summed E-state index contributed by atoms with van der Waals surface area (Å²) in [5.74, 6) is 0.764. The van der Waals surface area contributed by atoms with Crippen LogP contribution in [0.4, 0.5) is 10.2 Å². The monoisotopic (exact) mass is 266 g/mol. The molecule has 19 heavy (non-hydrogen) atoms. The van der Waals surface area contributed by atoms with Crippen LogP contribution in [0.2, 0.25) is 0 Å². The molecule has 0 saturated carbocycles. The lowest BCUT2D eigenvalue weighted by Gasteiger charge is -2.24. The van der Waals surface area contributed by atoms with Crippen molar-refractivity contribution in [2.75, 3.05) is 44.2 Å². The number of halogens is 1. The average Bonchev–Trinajstić information content (AvgIpc) is 2.65. The Morgan fingerprint density at radius 1 is 1.37 bits per heavy atom. The third kappa shape index (κ3) is 3.88. The van der Waals surface area contributed by atoms with E-state index in [4.69, 9.17) is 5.73 Å². The van der Waals surface area contributed by atoms with E-state index in [-0.39, 0.29) is 5.82 Å². The van der Waals surface area contributed by atoms with Gasteiger partial charge in [0.05, 0.1) is 0 Å². The number of nitrogens with zero attached hydrogens (tertiary/aromatic N) is 3. The van der Waals surface area contributed by atoms with Gasteiger partial charge >= 0.3 is 0 Å². The quantitative estimate of drug-likeness (QED) is 0.893. The molecule has 4 nitrogen and oxygen atoms in total. The summed E-state index contributed by atoms with van der Waals surface area (Å²) in [7, 11) is 0. The van der Waals surface area contributed by atoms with Crippen LogP contribution < -0.4 is 10.6 Å². The summed E-state index contributed by atoms with van der Waals surface area (Å²) in [5.41, 5.74) is 5.67. The molecule has 0 aromatic carbocycles. The van der Waals surface area contributed by atoms with Gasteiger partial charge < -0.3 is 15.5 Å². The first-order chi connectivity index (χ1) is 9.20. The maximum atomic E-state index is 13.7. The summed E-state index contributed by atoms with van der Waals surface area (Å²) in [6, 6.07) is 3.10. The van der Waals surface area contributed by atoms with Crippen molar-refractivity contribution >= 4 is 5.82 Å². The molecule has 5 heteroatoms. The number of hydrogen-bond acceptors (Lipinski definition) is 4. The number of anilines is 1. The third-order valence-corrected chi connectivity index (χ3v) is 3.60. The first-order valence-electron chi connectivity index (χ1n) is 6.98. The molecule has 1 aliphatic rings. The van der Waals surface area contributed by atoms with Gasteiger partial charge in [-0.15, -0.1) is 0 Å². The van der Waals surface area contributed by atoms with E-state index in [1.807, 2.05) is 4.90 Å². The van der Waals surface area contributed by atoms with Crippen LogP contribution in [0.3, 0.4) is 0 Å². The maximum absolute atomic E-state index is 13.7. The highest BCUT2D eigenvalue weighted by Crippen LogP contribution is 2.17. The minimum atomic E-state index is -0.230. The van der Waals surface area contributed by atoms with Crippen molar-refractivity contribution in [3.8, 4) is 0 Å². The Morgan fingerprint density at radius 2 is 2.21 bits per heavy atom. The van der Waals surface area contributed by atoms with Crippen molar-refractivity contribution in [3.05, 3.63) is 24.1 Å². The van der Waals surface area contributed by atoms with Crippen molar-refractivity contribution in [3.63, 3.8) is 0 Å². The Labute approximate surface area is 114 Å². The fourth-order valence-corrected chi connectivity index (χ4v) is 2.49.